The largest absolute Gasteiger partial charge is 0.341 e. The fourth-order valence-corrected chi connectivity index (χ4v) is 6.55. The van der Waals surface area contributed by atoms with Crippen molar-refractivity contribution >= 4 is 33.1 Å². The van der Waals surface area contributed by atoms with E-state index in [9.17, 15) is 18.6 Å². The summed E-state index contributed by atoms with van der Waals surface area (Å²) in [5, 5.41) is 0. The Morgan fingerprint density at radius 1 is 1.10 bits per heavy atom. The number of benzene rings is 1. The topological polar surface area (TPSA) is 87.1 Å². The Kier molecular flexibility index (Phi) is 5.94. The molecule has 0 aromatic heterocycles. The van der Waals surface area contributed by atoms with E-state index < -0.39 is 21.6 Å². The zero-order valence-electron chi connectivity index (χ0n) is 18.3. The number of carbonyl (C=O) groups is 3. The van der Waals surface area contributed by atoms with E-state index in [1.54, 1.807) is 9.80 Å². The van der Waals surface area contributed by atoms with Gasteiger partial charge in [-0.3, -0.25) is 14.4 Å². The summed E-state index contributed by atoms with van der Waals surface area (Å²) in [7, 11) is -2.73. The van der Waals surface area contributed by atoms with Gasteiger partial charge in [-0.25, -0.2) is 4.21 Å². The highest BCUT2D eigenvalue weighted by Gasteiger charge is 2.45. The van der Waals surface area contributed by atoms with E-state index in [1.165, 1.54) is 0 Å². The van der Waals surface area contributed by atoms with E-state index in [2.05, 4.69) is 4.36 Å². The Morgan fingerprint density at radius 2 is 1.81 bits per heavy atom. The van der Waals surface area contributed by atoms with Gasteiger partial charge in [0.2, 0.25) is 11.8 Å². The predicted octanol–water partition coefficient (Wildman–Crippen LogP) is 2.70. The van der Waals surface area contributed by atoms with Crippen LogP contribution in [0.25, 0.3) is 0 Å². The standard InChI is InChI=1S/C23H31N3O4S/c1-23(2,18-9-10-18)22(29)25-11-6-13-31(30,14-12-25)24-21(28)17-15-20(27)26(16-17)19-7-4-3-5-8-19/h3-5,7-8,17-18H,6,9-16H2,1-2H3. The summed E-state index contributed by atoms with van der Waals surface area (Å²) >= 11 is 0. The maximum Gasteiger partial charge on any atom is 0.259 e. The number of hydrogen-bond donors (Lipinski definition) is 0. The van der Waals surface area contributed by atoms with E-state index >= 15 is 0 Å². The first-order valence-corrected chi connectivity index (χ1v) is 13.0. The highest BCUT2D eigenvalue weighted by molar-refractivity contribution is 7.93. The van der Waals surface area contributed by atoms with Crippen molar-refractivity contribution in [1.82, 2.24) is 4.90 Å². The summed E-state index contributed by atoms with van der Waals surface area (Å²) in [4.78, 5) is 41.6. The Labute approximate surface area is 184 Å². The molecule has 2 unspecified atom stereocenters. The Morgan fingerprint density at radius 3 is 2.48 bits per heavy atom. The van der Waals surface area contributed by atoms with Gasteiger partial charge < -0.3 is 9.80 Å². The molecule has 2 atom stereocenters. The molecule has 2 saturated heterocycles. The number of rotatable bonds is 4. The predicted molar refractivity (Wildman–Crippen MR) is 120 cm³/mol. The second-order valence-corrected chi connectivity index (χ2v) is 12.0. The second kappa shape index (κ2) is 8.37. The van der Waals surface area contributed by atoms with Crippen molar-refractivity contribution in [2.24, 2.45) is 21.6 Å². The third-order valence-electron chi connectivity index (χ3n) is 6.81. The van der Waals surface area contributed by atoms with Gasteiger partial charge >= 0.3 is 0 Å². The maximum atomic E-state index is 13.4. The minimum Gasteiger partial charge on any atom is -0.341 e. The Bertz CT molecular complexity index is 993. The van der Waals surface area contributed by atoms with Crippen LogP contribution in [0.15, 0.2) is 34.7 Å². The van der Waals surface area contributed by atoms with Crippen molar-refractivity contribution in [2.75, 3.05) is 36.0 Å². The molecular formula is C23H31N3O4S. The van der Waals surface area contributed by atoms with Crippen LogP contribution in [0.3, 0.4) is 0 Å². The molecule has 1 aromatic rings. The molecular weight excluding hydrogens is 414 g/mol. The number of amides is 3. The van der Waals surface area contributed by atoms with Crippen LogP contribution in [0.1, 0.15) is 39.5 Å². The SMILES string of the molecule is CC(C)(C(=O)N1CCCS(=O)(=NC(=O)C2CC(=O)N(c3ccccc3)C2)CC1)C1CC1. The summed E-state index contributed by atoms with van der Waals surface area (Å²) in [5.74, 6) is -0.0504. The lowest BCUT2D eigenvalue weighted by Crippen LogP contribution is -2.43. The first-order valence-electron chi connectivity index (χ1n) is 11.1. The molecule has 7 nitrogen and oxygen atoms in total. The van der Waals surface area contributed by atoms with E-state index in [0.29, 0.717) is 31.2 Å². The van der Waals surface area contributed by atoms with Gasteiger partial charge in [-0.2, -0.15) is 4.36 Å². The normalized spacial score (nSPS) is 27.2. The van der Waals surface area contributed by atoms with Crippen LogP contribution in [0.5, 0.6) is 0 Å². The summed E-state index contributed by atoms with van der Waals surface area (Å²) in [6.07, 6.45) is 2.84. The van der Waals surface area contributed by atoms with Crippen LogP contribution < -0.4 is 4.90 Å². The van der Waals surface area contributed by atoms with Gasteiger partial charge in [0, 0.05) is 48.7 Å². The number of nitrogens with zero attached hydrogens (tertiary/aromatic N) is 3. The Balaban J connectivity index is 1.42. The average molecular weight is 446 g/mol. The van der Waals surface area contributed by atoms with Crippen LogP contribution in [-0.2, 0) is 24.1 Å². The van der Waals surface area contributed by atoms with Crippen LogP contribution in [0.2, 0.25) is 0 Å². The van der Waals surface area contributed by atoms with Crippen molar-refractivity contribution in [2.45, 2.75) is 39.5 Å². The Hall–Kier alpha value is -2.22. The van der Waals surface area contributed by atoms with E-state index in [0.717, 1.165) is 18.5 Å². The number of para-hydroxylation sites is 1. The van der Waals surface area contributed by atoms with Gasteiger partial charge in [-0.05, 0) is 37.3 Å². The van der Waals surface area contributed by atoms with Crippen molar-refractivity contribution < 1.29 is 18.6 Å². The monoisotopic (exact) mass is 445 g/mol. The molecule has 0 bridgehead atoms. The zero-order chi connectivity index (χ0) is 22.2. The van der Waals surface area contributed by atoms with Gasteiger partial charge in [-0.15, -0.1) is 0 Å². The summed E-state index contributed by atoms with van der Waals surface area (Å²) in [5.41, 5.74) is 0.373. The highest BCUT2D eigenvalue weighted by atomic mass is 32.2. The van der Waals surface area contributed by atoms with Crippen LogP contribution in [-0.4, -0.2) is 58.0 Å². The minimum absolute atomic E-state index is 0.0902. The minimum atomic E-state index is -2.73. The van der Waals surface area contributed by atoms with Crippen molar-refractivity contribution in [1.29, 1.82) is 0 Å². The molecule has 1 saturated carbocycles. The van der Waals surface area contributed by atoms with Gasteiger partial charge in [-0.1, -0.05) is 32.0 Å². The third kappa shape index (κ3) is 4.68. The summed E-state index contributed by atoms with van der Waals surface area (Å²) in [6.45, 7) is 5.18. The first kappa shape index (κ1) is 22.0. The van der Waals surface area contributed by atoms with Crippen molar-refractivity contribution in [3.8, 4) is 0 Å². The lowest BCUT2D eigenvalue weighted by molar-refractivity contribution is -0.141. The van der Waals surface area contributed by atoms with E-state index in [4.69, 9.17) is 0 Å². The lowest BCUT2D eigenvalue weighted by atomic mass is 9.85. The molecule has 3 fully saturated rings. The number of carbonyl (C=O) groups excluding carboxylic acids is 3. The summed E-state index contributed by atoms with van der Waals surface area (Å²) in [6, 6.07) is 9.24. The van der Waals surface area contributed by atoms with Crippen LogP contribution >= 0.6 is 0 Å². The maximum absolute atomic E-state index is 13.4. The van der Waals surface area contributed by atoms with E-state index in [-0.39, 0.29) is 35.9 Å². The third-order valence-corrected chi connectivity index (χ3v) is 9.07. The lowest BCUT2D eigenvalue weighted by Gasteiger charge is -2.31. The summed E-state index contributed by atoms with van der Waals surface area (Å²) < 4.78 is 17.5. The van der Waals surface area contributed by atoms with E-state index in [1.807, 2.05) is 44.2 Å². The smallest absolute Gasteiger partial charge is 0.259 e. The number of hydrogen-bond acceptors (Lipinski definition) is 4. The molecule has 8 heteroatoms. The van der Waals surface area contributed by atoms with Gasteiger partial charge in [0.25, 0.3) is 5.91 Å². The quantitative estimate of drug-likeness (QED) is 0.713. The highest BCUT2D eigenvalue weighted by Crippen LogP contribution is 2.46. The second-order valence-electron chi connectivity index (χ2n) is 9.49. The fourth-order valence-electron chi connectivity index (χ4n) is 4.60. The molecule has 2 heterocycles. The number of anilines is 1. The van der Waals surface area contributed by atoms with Crippen molar-refractivity contribution in [3.63, 3.8) is 0 Å². The molecule has 31 heavy (non-hydrogen) atoms. The van der Waals surface area contributed by atoms with Gasteiger partial charge in [0.1, 0.15) is 0 Å². The zero-order valence-corrected chi connectivity index (χ0v) is 19.1. The molecule has 2 aliphatic heterocycles. The first-order chi connectivity index (χ1) is 14.7. The average Bonchev–Trinajstić information content (AvgIpc) is 3.55. The van der Waals surface area contributed by atoms with Crippen molar-refractivity contribution in [3.05, 3.63) is 30.3 Å². The molecule has 1 aromatic carbocycles. The molecule has 3 amide bonds. The van der Waals surface area contributed by atoms with Crippen LogP contribution in [0.4, 0.5) is 5.69 Å². The molecule has 0 N–H and O–H groups in total. The molecule has 1 aliphatic carbocycles. The molecule has 0 spiro atoms. The van der Waals surface area contributed by atoms with Gasteiger partial charge in [0.05, 0.1) is 15.6 Å². The van der Waals surface area contributed by atoms with Gasteiger partial charge in [0.15, 0.2) is 0 Å². The molecule has 0 radical (unpaired) electrons. The fraction of sp³-hybridized carbons (Fsp3) is 0.609. The molecule has 168 valence electrons. The van der Waals surface area contributed by atoms with Crippen LogP contribution in [0, 0.1) is 17.3 Å². The molecule has 4 rings (SSSR count). The molecule has 3 aliphatic rings.